The number of allylic oxidation sites excluding steroid dienone is 2. The molecule has 2 aliphatic rings. The van der Waals surface area contributed by atoms with Crippen LogP contribution in [0.4, 0.5) is 11.4 Å². The molecule has 2 unspecified atom stereocenters. The summed E-state index contributed by atoms with van der Waals surface area (Å²) in [5.41, 5.74) is 9.00. The number of anilines is 2. The third-order valence-corrected chi connectivity index (χ3v) is 9.60. The first kappa shape index (κ1) is 25.1. The fraction of sp³-hybridized carbons (Fsp3) is 0.0698. The van der Waals surface area contributed by atoms with Crippen molar-refractivity contribution >= 4 is 43.7 Å². The largest absolute Gasteiger partial charge is 0.334 e. The van der Waals surface area contributed by atoms with Crippen molar-refractivity contribution in [2.24, 2.45) is 5.92 Å². The van der Waals surface area contributed by atoms with Gasteiger partial charge in [-0.1, -0.05) is 127 Å². The standard InChI is InChI=1S/C43H31N/c1-2-10-29(11-3-1)40-27-30-12-4-5-13-31(30)28-41(40)33-20-22-38-32(24-33)18-19-34-26-37(21-23-39(34)38)44-42-16-8-6-14-35(42)25-36-15-7-9-17-43(36)44/h1-24,26-28,35,42H,25H2. The molecular weight excluding hydrogens is 530 g/mol. The van der Waals surface area contributed by atoms with E-state index in [4.69, 9.17) is 0 Å². The van der Waals surface area contributed by atoms with Gasteiger partial charge in [0.15, 0.2) is 0 Å². The number of fused-ring (bicyclic) bond motifs is 6. The molecule has 0 saturated heterocycles. The van der Waals surface area contributed by atoms with Crippen LogP contribution in [0.5, 0.6) is 0 Å². The van der Waals surface area contributed by atoms with Gasteiger partial charge in [-0.3, -0.25) is 0 Å². The van der Waals surface area contributed by atoms with Crippen molar-refractivity contribution in [1.82, 2.24) is 0 Å². The monoisotopic (exact) mass is 561 g/mol. The molecule has 0 N–H and O–H groups in total. The Labute approximate surface area is 258 Å². The molecule has 0 bridgehead atoms. The van der Waals surface area contributed by atoms with Gasteiger partial charge in [-0.2, -0.15) is 0 Å². The summed E-state index contributed by atoms with van der Waals surface area (Å²) in [5, 5.41) is 7.64. The van der Waals surface area contributed by atoms with Crippen LogP contribution in [0, 0.1) is 5.92 Å². The van der Waals surface area contributed by atoms with Gasteiger partial charge >= 0.3 is 0 Å². The lowest BCUT2D eigenvalue weighted by molar-refractivity contribution is 0.533. The van der Waals surface area contributed by atoms with E-state index in [1.165, 1.54) is 71.5 Å². The highest BCUT2D eigenvalue weighted by atomic mass is 15.2. The molecule has 1 heteroatoms. The minimum atomic E-state index is 0.330. The molecule has 2 atom stereocenters. The zero-order valence-corrected chi connectivity index (χ0v) is 24.4. The normalized spacial score (nSPS) is 17.2. The minimum absolute atomic E-state index is 0.330. The SMILES string of the molecule is C1=CC2Cc3ccccc3N(c3ccc4c(ccc5cc(-c6cc7ccccc7cc6-c6ccccc6)ccc54)c3)C2C=C1. The van der Waals surface area contributed by atoms with E-state index < -0.39 is 0 Å². The average Bonchev–Trinajstić information content (AvgIpc) is 3.09. The summed E-state index contributed by atoms with van der Waals surface area (Å²) >= 11 is 0. The molecular formula is C43H31N. The van der Waals surface area contributed by atoms with E-state index in [1.807, 2.05) is 0 Å². The van der Waals surface area contributed by atoms with E-state index in [2.05, 4.69) is 169 Å². The molecule has 1 nitrogen and oxygen atoms in total. The van der Waals surface area contributed by atoms with Gasteiger partial charge in [0.2, 0.25) is 0 Å². The summed E-state index contributed by atoms with van der Waals surface area (Å²) < 4.78 is 0. The Kier molecular flexibility index (Phi) is 5.77. The maximum absolute atomic E-state index is 2.54. The molecule has 1 aliphatic heterocycles. The molecule has 0 aromatic heterocycles. The van der Waals surface area contributed by atoms with Crippen LogP contribution in [0.15, 0.2) is 164 Å². The predicted octanol–water partition coefficient (Wildman–Crippen LogP) is 11.3. The summed E-state index contributed by atoms with van der Waals surface area (Å²) in [5.74, 6) is 0.483. The zero-order valence-electron chi connectivity index (χ0n) is 24.4. The van der Waals surface area contributed by atoms with Gasteiger partial charge in [-0.15, -0.1) is 0 Å². The van der Waals surface area contributed by atoms with E-state index in [0.29, 0.717) is 12.0 Å². The van der Waals surface area contributed by atoms with Crippen molar-refractivity contribution in [3.8, 4) is 22.3 Å². The Hall–Kier alpha value is -5.40. The molecule has 0 spiro atoms. The van der Waals surface area contributed by atoms with Crippen molar-refractivity contribution in [2.75, 3.05) is 4.90 Å². The van der Waals surface area contributed by atoms with Crippen molar-refractivity contribution in [3.63, 3.8) is 0 Å². The molecule has 44 heavy (non-hydrogen) atoms. The Bertz CT molecular complexity index is 2270. The highest BCUT2D eigenvalue weighted by molar-refractivity contribution is 6.10. The number of hydrogen-bond donors (Lipinski definition) is 0. The first-order chi connectivity index (χ1) is 21.8. The predicted molar refractivity (Wildman–Crippen MR) is 188 cm³/mol. The van der Waals surface area contributed by atoms with Crippen molar-refractivity contribution in [1.29, 1.82) is 0 Å². The third-order valence-electron chi connectivity index (χ3n) is 9.60. The summed E-state index contributed by atoms with van der Waals surface area (Å²) in [4.78, 5) is 2.54. The van der Waals surface area contributed by atoms with Gasteiger partial charge in [-0.25, -0.2) is 0 Å². The van der Waals surface area contributed by atoms with Gasteiger partial charge in [0, 0.05) is 17.3 Å². The van der Waals surface area contributed by atoms with Crippen LogP contribution in [-0.4, -0.2) is 6.04 Å². The third kappa shape index (κ3) is 4.08. The Morgan fingerprint density at radius 1 is 0.477 bits per heavy atom. The van der Waals surface area contributed by atoms with E-state index in [-0.39, 0.29) is 0 Å². The van der Waals surface area contributed by atoms with Gasteiger partial charge in [0.05, 0.1) is 6.04 Å². The van der Waals surface area contributed by atoms with Crippen molar-refractivity contribution in [2.45, 2.75) is 12.5 Å². The number of para-hydroxylation sites is 1. The quantitative estimate of drug-likeness (QED) is 0.194. The average molecular weight is 562 g/mol. The number of hydrogen-bond acceptors (Lipinski definition) is 1. The molecule has 1 heterocycles. The summed E-state index contributed by atoms with van der Waals surface area (Å²) in [6.45, 7) is 0. The lowest BCUT2D eigenvalue weighted by Crippen LogP contribution is -2.41. The fourth-order valence-electron chi connectivity index (χ4n) is 7.46. The second kappa shape index (κ2) is 10.1. The Balaban J connectivity index is 1.16. The van der Waals surface area contributed by atoms with E-state index >= 15 is 0 Å². The molecule has 0 radical (unpaired) electrons. The van der Waals surface area contributed by atoms with Crippen LogP contribution >= 0.6 is 0 Å². The lowest BCUT2D eigenvalue weighted by Gasteiger charge is -2.42. The van der Waals surface area contributed by atoms with E-state index in [0.717, 1.165) is 6.42 Å². The number of rotatable bonds is 3. The van der Waals surface area contributed by atoms with Crippen molar-refractivity contribution < 1.29 is 0 Å². The maximum atomic E-state index is 2.54. The molecule has 0 fully saturated rings. The summed E-state index contributed by atoms with van der Waals surface area (Å²) in [6, 6.07) is 51.9. The molecule has 7 aromatic rings. The van der Waals surface area contributed by atoms with E-state index in [9.17, 15) is 0 Å². The Morgan fingerprint density at radius 3 is 1.95 bits per heavy atom. The van der Waals surface area contributed by atoms with Crippen LogP contribution in [-0.2, 0) is 6.42 Å². The molecule has 7 aromatic carbocycles. The zero-order chi connectivity index (χ0) is 29.0. The maximum Gasteiger partial charge on any atom is 0.0591 e. The van der Waals surface area contributed by atoms with E-state index in [1.54, 1.807) is 0 Å². The van der Waals surface area contributed by atoms with Crippen LogP contribution in [0.25, 0.3) is 54.6 Å². The molecule has 1 aliphatic carbocycles. The smallest absolute Gasteiger partial charge is 0.0591 e. The van der Waals surface area contributed by atoms with Crippen molar-refractivity contribution in [3.05, 3.63) is 169 Å². The second-order valence-electron chi connectivity index (χ2n) is 12.1. The fourth-order valence-corrected chi connectivity index (χ4v) is 7.46. The Morgan fingerprint density at radius 2 is 1.14 bits per heavy atom. The van der Waals surface area contributed by atoms with Gasteiger partial charge in [-0.05, 0) is 103 Å². The molecule has 0 saturated carbocycles. The second-order valence-corrected chi connectivity index (χ2v) is 12.1. The molecule has 9 rings (SSSR count). The van der Waals surface area contributed by atoms with Crippen LogP contribution in [0.1, 0.15) is 5.56 Å². The van der Waals surface area contributed by atoms with Gasteiger partial charge < -0.3 is 4.90 Å². The summed E-state index contributed by atoms with van der Waals surface area (Å²) in [6.07, 6.45) is 10.2. The number of nitrogens with zero attached hydrogens (tertiary/aromatic N) is 1. The highest BCUT2D eigenvalue weighted by Crippen LogP contribution is 2.43. The lowest BCUT2D eigenvalue weighted by atomic mass is 9.82. The topological polar surface area (TPSA) is 3.24 Å². The minimum Gasteiger partial charge on any atom is -0.334 e. The number of benzene rings is 7. The first-order valence-electron chi connectivity index (χ1n) is 15.6. The molecule has 208 valence electrons. The van der Waals surface area contributed by atoms with Crippen LogP contribution in [0.2, 0.25) is 0 Å². The first-order valence-corrected chi connectivity index (χ1v) is 15.6. The van der Waals surface area contributed by atoms with Gasteiger partial charge in [0.25, 0.3) is 0 Å². The van der Waals surface area contributed by atoms with Crippen LogP contribution in [0.3, 0.4) is 0 Å². The highest BCUT2D eigenvalue weighted by Gasteiger charge is 2.33. The van der Waals surface area contributed by atoms with Crippen LogP contribution < -0.4 is 4.90 Å². The van der Waals surface area contributed by atoms with Gasteiger partial charge in [0.1, 0.15) is 0 Å². The summed E-state index contributed by atoms with van der Waals surface area (Å²) in [7, 11) is 0. The molecule has 0 amide bonds.